The topological polar surface area (TPSA) is 55.8 Å². The lowest BCUT2D eigenvalue weighted by Gasteiger charge is -2.13. The Morgan fingerprint density at radius 2 is 1.80 bits per heavy atom. The molecule has 2 rings (SSSR count). The van der Waals surface area contributed by atoms with Crippen LogP contribution in [-0.4, -0.2) is 25.3 Å². The van der Waals surface area contributed by atoms with Gasteiger partial charge < -0.3 is 14.6 Å². The molecule has 0 spiro atoms. The van der Waals surface area contributed by atoms with Crippen molar-refractivity contribution in [3.8, 4) is 22.6 Å². The number of methoxy groups -OCH3 is 2. The van der Waals surface area contributed by atoms with Crippen molar-refractivity contribution in [3.05, 3.63) is 48.0 Å². The van der Waals surface area contributed by atoms with Crippen LogP contribution >= 0.6 is 0 Å². The molecule has 0 aliphatic rings. The average Bonchev–Trinajstić information content (AvgIpc) is 2.46. The third kappa shape index (κ3) is 2.91. The Labute approximate surface area is 117 Å². The molecule has 2 aromatic rings. The Hall–Kier alpha value is -2.49. The van der Waals surface area contributed by atoms with E-state index in [1.807, 2.05) is 36.4 Å². The molecule has 104 valence electrons. The third-order valence-electron chi connectivity index (χ3n) is 3.05. The van der Waals surface area contributed by atoms with Crippen LogP contribution in [0, 0.1) is 0 Å². The van der Waals surface area contributed by atoms with E-state index in [4.69, 9.17) is 14.6 Å². The molecule has 0 unspecified atom stereocenters. The largest absolute Gasteiger partial charge is 0.497 e. The quantitative estimate of drug-likeness (QED) is 0.909. The van der Waals surface area contributed by atoms with E-state index in [1.54, 1.807) is 20.3 Å². The standard InChI is InChI=1S/C16H16O4/c1-19-12-7-8-13(11(9-12)10-16(17)18)14-5-3-4-6-15(14)20-2/h3-9H,10H2,1-2H3,(H,17,18). The third-order valence-corrected chi connectivity index (χ3v) is 3.05. The minimum absolute atomic E-state index is 0.0649. The first kappa shape index (κ1) is 13.9. The Morgan fingerprint density at radius 1 is 1.05 bits per heavy atom. The molecule has 2 aromatic carbocycles. The highest BCUT2D eigenvalue weighted by molar-refractivity contribution is 5.79. The van der Waals surface area contributed by atoms with Crippen molar-refractivity contribution in [1.29, 1.82) is 0 Å². The molecule has 0 fully saturated rings. The average molecular weight is 272 g/mol. The zero-order chi connectivity index (χ0) is 14.5. The molecule has 0 atom stereocenters. The summed E-state index contributed by atoms with van der Waals surface area (Å²) in [6, 6.07) is 12.9. The number of para-hydroxylation sites is 1. The van der Waals surface area contributed by atoms with Gasteiger partial charge in [-0.3, -0.25) is 4.79 Å². The molecule has 0 radical (unpaired) electrons. The summed E-state index contributed by atoms with van der Waals surface area (Å²) in [5, 5.41) is 9.06. The minimum atomic E-state index is -0.880. The van der Waals surface area contributed by atoms with Gasteiger partial charge in [-0.15, -0.1) is 0 Å². The fourth-order valence-electron chi connectivity index (χ4n) is 2.14. The van der Waals surface area contributed by atoms with Crippen LogP contribution in [0.2, 0.25) is 0 Å². The maximum atomic E-state index is 11.0. The maximum Gasteiger partial charge on any atom is 0.307 e. The number of hydrogen-bond acceptors (Lipinski definition) is 3. The number of carboxylic acids is 1. The van der Waals surface area contributed by atoms with Gasteiger partial charge in [0.1, 0.15) is 11.5 Å². The lowest BCUT2D eigenvalue weighted by Crippen LogP contribution is -2.03. The molecule has 0 saturated carbocycles. The number of rotatable bonds is 5. The van der Waals surface area contributed by atoms with Gasteiger partial charge >= 0.3 is 5.97 Å². The highest BCUT2D eigenvalue weighted by Crippen LogP contribution is 2.34. The number of hydrogen-bond donors (Lipinski definition) is 1. The maximum absolute atomic E-state index is 11.0. The van der Waals surface area contributed by atoms with Crippen molar-refractivity contribution in [2.24, 2.45) is 0 Å². The summed E-state index contributed by atoms with van der Waals surface area (Å²) in [7, 11) is 3.15. The molecule has 1 N–H and O–H groups in total. The van der Waals surface area contributed by atoms with E-state index in [2.05, 4.69) is 0 Å². The molecule has 4 heteroatoms. The molecule has 0 aliphatic heterocycles. The second-order valence-corrected chi connectivity index (χ2v) is 4.29. The fraction of sp³-hybridized carbons (Fsp3) is 0.188. The Morgan fingerprint density at radius 3 is 2.45 bits per heavy atom. The predicted molar refractivity (Wildman–Crippen MR) is 76.3 cm³/mol. The van der Waals surface area contributed by atoms with E-state index in [0.29, 0.717) is 17.1 Å². The minimum Gasteiger partial charge on any atom is -0.497 e. The van der Waals surface area contributed by atoms with E-state index in [1.165, 1.54) is 0 Å². The fourth-order valence-corrected chi connectivity index (χ4v) is 2.14. The number of benzene rings is 2. The zero-order valence-corrected chi connectivity index (χ0v) is 11.4. The number of ether oxygens (including phenoxy) is 2. The van der Waals surface area contributed by atoms with Crippen molar-refractivity contribution in [1.82, 2.24) is 0 Å². The van der Waals surface area contributed by atoms with Crippen molar-refractivity contribution in [2.75, 3.05) is 14.2 Å². The molecular weight excluding hydrogens is 256 g/mol. The van der Waals surface area contributed by atoms with Gasteiger partial charge in [-0.2, -0.15) is 0 Å². The van der Waals surface area contributed by atoms with E-state index in [-0.39, 0.29) is 6.42 Å². The van der Waals surface area contributed by atoms with Gasteiger partial charge in [0, 0.05) is 5.56 Å². The lowest BCUT2D eigenvalue weighted by atomic mass is 9.96. The molecular formula is C16H16O4. The first-order valence-electron chi connectivity index (χ1n) is 6.17. The number of aliphatic carboxylic acids is 1. The molecule has 0 heterocycles. The highest BCUT2D eigenvalue weighted by Gasteiger charge is 2.13. The highest BCUT2D eigenvalue weighted by atomic mass is 16.5. The number of carboxylic acid groups (broad SMARTS) is 1. The normalized spacial score (nSPS) is 10.1. The SMILES string of the molecule is COc1ccc(-c2ccccc2OC)c(CC(=O)O)c1. The van der Waals surface area contributed by atoms with Crippen LogP contribution in [0.4, 0.5) is 0 Å². The van der Waals surface area contributed by atoms with Gasteiger partial charge in [-0.1, -0.05) is 24.3 Å². The second kappa shape index (κ2) is 6.10. The Balaban J connectivity index is 2.57. The van der Waals surface area contributed by atoms with Crippen molar-refractivity contribution >= 4 is 5.97 Å². The first-order valence-corrected chi connectivity index (χ1v) is 6.17. The first-order chi connectivity index (χ1) is 9.65. The molecule has 4 nitrogen and oxygen atoms in total. The molecule has 20 heavy (non-hydrogen) atoms. The molecule has 0 aromatic heterocycles. The van der Waals surface area contributed by atoms with E-state index < -0.39 is 5.97 Å². The van der Waals surface area contributed by atoms with E-state index in [0.717, 1.165) is 11.1 Å². The number of carbonyl (C=O) groups is 1. The van der Waals surface area contributed by atoms with Gasteiger partial charge in [0.2, 0.25) is 0 Å². The smallest absolute Gasteiger partial charge is 0.307 e. The molecule has 0 saturated heterocycles. The second-order valence-electron chi connectivity index (χ2n) is 4.29. The van der Waals surface area contributed by atoms with E-state index >= 15 is 0 Å². The summed E-state index contributed by atoms with van der Waals surface area (Å²) in [6.45, 7) is 0. The monoisotopic (exact) mass is 272 g/mol. The van der Waals surface area contributed by atoms with Gasteiger partial charge in [0.15, 0.2) is 0 Å². The van der Waals surface area contributed by atoms with Crippen molar-refractivity contribution in [3.63, 3.8) is 0 Å². The van der Waals surface area contributed by atoms with Crippen molar-refractivity contribution in [2.45, 2.75) is 6.42 Å². The van der Waals surface area contributed by atoms with Crippen LogP contribution in [0.25, 0.3) is 11.1 Å². The summed E-state index contributed by atoms with van der Waals surface area (Å²) >= 11 is 0. The molecule has 0 bridgehead atoms. The van der Waals surface area contributed by atoms with Crippen LogP contribution in [0.15, 0.2) is 42.5 Å². The Bertz CT molecular complexity index is 620. The summed E-state index contributed by atoms with van der Waals surface area (Å²) in [6.07, 6.45) is -0.0649. The van der Waals surface area contributed by atoms with Gasteiger partial charge in [-0.05, 0) is 29.3 Å². The molecule has 0 aliphatic carbocycles. The summed E-state index contributed by atoms with van der Waals surface area (Å²) < 4.78 is 10.5. The van der Waals surface area contributed by atoms with Crippen LogP contribution in [-0.2, 0) is 11.2 Å². The van der Waals surface area contributed by atoms with Gasteiger partial charge in [0.25, 0.3) is 0 Å². The zero-order valence-electron chi connectivity index (χ0n) is 11.4. The lowest BCUT2D eigenvalue weighted by molar-refractivity contribution is -0.136. The van der Waals surface area contributed by atoms with Gasteiger partial charge in [-0.25, -0.2) is 0 Å². The van der Waals surface area contributed by atoms with Crippen LogP contribution in [0.5, 0.6) is 11.5 Å². The summed E-state index contributed by atoms with van der Waals surface area (Å²) in [4.78, 5) is 11.0. The van der Waals surface area contributed by atoms with Gasteiger partial charge in [0.05, 0.1) is 20.6 Å². The molecule has 0 amide bonds. The summed E-state index contributed by atoms with van der Waals surface area (Å²) in [5.74, 6) is 0.471. The van der Waals surface area contributed by atoms with Crippen LogP contribution < -0.4 is 9.47 Å². The predicted octanol–water partition coefficient (Wildman–Crippen LogP) is 3.00. The van der Waals surface area contributed by atoms with E-state index in [9.17, 15) is 4.79 Å². The van der Waals surface area contributed by atoms with Crippen LogP contribution in [0.1, 0.15) is 5.56 Å². The van der Waals surface area contributed by atoms with Crippen LogP contribution in [0.3, 0.4) is 0 Å². The summed E-state index contributed by atoms with van der Waals surface area (Å²) in [5.41, 5.74) is 2.40. The Kier molecular flexibility index (Phi) is 4.25. The van der Waals surface area contributed by atoms with Crippen molar-refractivity contribution < 1.29 is 19.4 Å².